The molecular weight excluding hydrogens is 378 g/mol. The molecule has 0 heterocycles. The van der Waals surface area contributed by atoms with Crippen LogP contribution in [0.5, 0.6) is 0 Å². The van der Waals surface area contributed by atoms with Gasteiger partial charge in [0.1, 0.15) is 6.79 Å². The van der Waals surface area contributed by atoms with E-state index in [-0.39, 0.29) is 28.9 Å². The lowest BCUT2D eigenvalue weighted by Gasteiger charge is -2.21. The fraction of sp³-hybridized carbons (Fsp3) is 0.680. The molecule has 5 nitrogen and oxygen atoms in total. The first-order valence-corrected chi connectivity index (χ1v) is 11.4. The fourth-order valence-corrected chi connectivity index (χ4v) is 4.30. The molecule has 1 fully saturated rings. The van der Waals surface area contributed by atoms with Crippen LogP contribution < -0.4 is 0 Å². The highest BCUT2D eigenvalue weighted by Crippen LogP contribution is 2.32. The van der Waals surface area contributed by atoms with E-state index in [0.29, 0.717) is 0 Å². The van der Waals surface area contributed by atoms with Gasteiger partial charge in [-0.3, -0.25) is 10.1 Å². The highest BCUT2D eigenvalue weighted by molar-refractivity contribution is 5.58. The van der Waals surface area contributed by atoms with Gasteiger partial charge in [-0.05, 0) is 23.3 Å². The molecule has 0 bridgehead atoms. The maximum absolute atomic E-state index is 11.5. The Balaban J connectivity index is 1.97. The molecule has 1 aromatic rings. The van der Waals surface area contributed by atoms with Crippen LogP contribution in [-0.4, -0.2) is 24.9 Å². The smallest absolute Gasteiger partial charge is 0.273 e. The Morgan fingerprint density at radius 1 is 1.20 bits per heavy atom. The molecule has 0 aliphatic heterocycles. The summed E-state index contributed by atoms with van der Waals surface area (Å²) < 4.78 is 10.9. The van der Waals surface area contributed by atoms with Gasteiger partial charge in [-0.15, -0.1) is 0 Å². The lowest BCUT2D eigenvalue weighted by molar-refractivity contribution is -0.386. The van der Waals surface area contributed by atoms with E-state index in [1.807, 2.05) is 45.1 Å². The molecule has 0 aromatic heterocycles. The van der Waals surface area contributed by atoms with Crippen LogP contribution in [0.15, 0.2) is 24.3 Å². The lowest BCUT2D eigenvalue weighted by Crippen LogP contribution is -2.14. The third kappa shape index (κ3) is 8.19. The van der Waals surface area contributed by atoms with Crippen molar-refractivity contribution >= 4 is 11.8 Å². The first-order chi connectivity index (χ1) is 14.3. The average Bonchev–Trinajstić information content (AvgIpc) is 2.72. The Morgan fingerprint density at radius 2 is 1.93 bits per heavy atom. The summed E-state index contributed by atoms with van der Waals surface area (Å²) in [6, 6.07) is 5.47. The highest BCUT2D eigenvalue weighted by Gasteiger charge is 2.24. The summed E-state index contributed by atoms with van der Waals surface area (Å²) in [4.78, 5) is 11.3. The molecule has 1 aliphatic rings. The average molecular weight is 418 g/mol. The first kappa shape index (κ1) is 24.5. The van der Waals surface area contributed by atoms with Gasteiger partial charge in [0.15, 0.2) is 0 Å². The summed E-state index contributed by atoms with van der Waals surface area (Å²) in [7, 11) is 1.62. The van der Waals surface area contributed by atoms with Gasteiger partial charge in [-0.2, -0.15) is 0 Å². The van der Waals surface area contributed by atoms with E-state index < -0.39 is 0 Å². The molecule has 2 rings (SSSR count). The summed E-state index contributed by atoms with van der Waals surface area (Å²) in [6.45, 7) is 6.23. The number of methoxy groups -OCH3 is 1. The SMILES string of the molecule is COCO[C@H](C=Cc1ccc(C(C)(C)C)c([N+](=O)[O-])c1)CCCCC1CCCCC1. The van der Waals surface area contributed by atoms with Gasteiger partial charge in [-0.1, -0.05) is 96.4 Å². The molecule has 0 amide bonds. The molecule has 168 valence electrons. The normalized spacial score (nSPS) is 16.8. The van der Waals surface area contributed by atoms with E-state index in [2.05, 4.69) is 0 Å². The molecule has 0 N–H and O–H groups in total. The number of nitro benzene ring substituents is 1. The Hall–Kier alpha value is -1.72. The molecule has 0 unspecified atom stereocenters. The van der Waals surface area contributed by atoms with Crippen molar-refractivity contribution in [2.75, 3.05) is 13.9 Å². The largest absolute Gasteiger partial charge is 0.359 e. The second-order valence-corrected chi connectivity index (χ2v) is 9.54. The molecule has 30 heavy (non-hydrogen) atoms. The molecular formula is C25H39NO4. The second kappa shape index (κ2) is 12.2. The van der Waals surface area contributed by atoms with E-state index >= 15 is 0 Å². The summed E-state index contributed by atoms with van der Waals surface area (Å²) in [5.74, 6) is 0.912. The number of rotatable bonds is 11. The molecule has 0 saturated heterocycles. The lowest BCUT2D eigenvalue weighted by atomic mass is 9.85. The zero-order valence-electron chi connectivity index (χ0n) is 19.2. The van der Waals surface area contributed by atoms with Crippen LogP contribution in [-0.2, 0) is 14.9 Å². The van der Waals surface area contributed by atoms with Crippen molar-refractivity contribution in [1.82, 2.24) is 0 Å². The zero-order chi connectivity index (χ0) is 22.0. The number of ether oxygens (including phenoxy) is 2. The van der Waals surface area contributed by atoms with Crippen molar-refractivity contribution in [3.63, 3.8) is 0 Å². The van der Waals surface area contributed by atoms with Crippen molar-refractivity contribution in [1.29, 1.82) is 0 Å². The van der Waals surface area contributed by atoms with Gasteiger partial charge in [-0.25, -0.2) is 0 Å². The van der Waals surface area contributed by atoms with Gasteiger partial charge in [0.2, 0.25) is 0 Å². The number of nitrogens with zero attached hydrogens (tertiary/aromatic N) is 1. The van der Waals surface area contributed by atoms with E-state index in [1.54, 1.807) is 13.2 Å². The number of unbranched alkanes of at least 4 members (excludes halogenated alkanes) is 1. The van der Waals surface area contributed by atoms with Crippen LogP contribution >= 0.6 is 0 Å². The minimum absolute atomic E-state index is 0.0438. The highest BCUT2D eigenvalue weighted by atomic mass is 16.7. The van der Waals surface area contributed by atoms with Crippen molar-refractivity contribution < 1.29 is 14.4 Å². The summed E-state index contributed by atoms with van der Waals surface area (Å²) in [5.41, 5.74) is 1.47. The number of hydrogen-bond donors (Lipinski definition) is 0. The predicted octanol–water partition coefficient (Wildman–Crippen LogP) is 7.04. The third-order valence-electron chi connectivity index (χ3n) is 6.01. The van der Waals surface area contributed by atoms with Gasteiger partial charge >= 0.3 is 0 Å². The molecule has 0 radical (unpaired) electrons. The fourth-order valence-electron chi connectivity index (χ4n) is 4.30. The van der Waals surface area contributed by atoms with Gasteiger partial charge in [0, 0.05) is 18.7 Å². The molecule has 1 saturated carbocycles. The van der Waals surface area contributed by atoms with Crippen molar-refractivity contribution in [2.45, 2.75) is 90.1 Å². The molecule has 1 aromatic carbocycles. The second-order valence-electron chi connectivity index (χ2n) is 9.54. The topological polar surface area (TPSA) is 61.6 Å². The Morgan fingerprint density at radius 3 is 2.57 bits per heavy atom. The Kier molecular flexibility index (Phi) is 9.99. The molecule has 5 heteroatoms. The standard InChI is InChI=1S/C25H39NO4/c1-25(2,3)23-17-15-21(18-24(23)26(27)28)14-16-22(30-19-29-4)13-9-8-12-20-10-6-5-7-11-20/h14-18,20,22H,5-13,19H2,1-4H3/t22-/m0/s1. The van der Waals surface area contributed by atoms with Crippen LogP contribution in [0.1, 0.15) is 89.7 Å². The van der Waals surface area contributed by atoms with Crippen LogP contribution in [0.25, 0.3) is 6.08 Å². The monoisotopic (exact) mass is 417 g/mol. The molecule has 1 aliphatic carbocycles. The van der Waals surface area contributed by atoms with Crippen molar-refractivity contribution in [3.8, 4) is 0 Å². The van der Waals surface area contributed by atoms with E-state index in [1.165, 1.54) is 44.9 Å². The van der Waals surface area contributed by atoms with Crippen LogP contribution in [0, 0.1) is 16.0 Å². The summed E-state index contributed by atoms with van der Waals surface area (Å²) in [5, 5.41) is 11.5. The number of hydrogen-bond acceptors (Lipinski definition) is 4. The Labute approximate surface area is 182 Å². The summed E-state index contributed by atoms with van der Waals surface area (Å²) in [6.07, 6.45) is 15.5. The van der Waals surface area contributed by atoms with Gasteiger partial charge < -0.3 is 9.47 Å². The number of nitro groups is 1. The zero-order valence-corrected chi connectivity index (χ0v) is 19.2. The maximum atomic E-state index is 11.5. The van der Waals surface area contributed by atoms with Crippen molar-refractivity contribution in [3.05, 3.63) is 45.5 Å². The van der Waals surface area contributed by atoms with Crippen LogP contribution in [0.3, 0.4) is 0 Å². The third-order valence-corrected chi connectivity index (χ3v) is 6.01. The Bertz CT molecular complexity index is 687. The van der Waals surface area contributed by atoms with Crippen molar-refractivity contribution in [2.24, 2.45) is 5.92 Å². The molecule has 1 atom stereocenters. The van der Waals surface area contributed by atoms with E-state index in [9.17, 15) is 10.1 Å². The predicted molar refractivity (Wildman–Crippen MR) is 123 cm³/mol. The molecule has 0 spiro atoms. The van der Waals surface area contributed by atoms with Gasteiger partial charge in [0.25, 0.3) is 5.69 Å². The minimum Gasteiger partial charge on any atom is -0.359 e. The number of benzene rings is 1. The summed E-state index contributed by atoms with van der Waals surface area (Å²) >= 11 is 0. The van der Waals surface area contributed by atoms with Crippen LogP contribution in [0.4, 0.5) is 5.69 Å². The van der Waals surface area contributed by atoms with Gasteiger partial charge in [0.05, 0.1) is 11.0 Å². The van der Waals surface area contributed by atoms with E-state index in [4.69, 9.17) is 9.47 Å². The maximum Gasteiger partial charge on any atom is 0.273 e. The minimum atomic E-state index is -0.290. The van der Waals surface area contributed by atoms with Crippen LogP contribution in [0.2, 0.25) is 0 Å². The van der Waals surface area contributed by atoms with E-state index in [0.717, 1.165) is 29.9 Å². The quantitative estimate of drug-likeness (QED) is 0.168. The first-order valence-electron chi connectivity index (χ1n) is 11.4.